The minimum Gasteiger partial charge on any atom is -0.496 e. The van der Waals surface area contributed by atoms with E-state index in [2.05, 4.69) is 23.6 Å². The van der Waals surface area contributed by atoms with Crippen molar-refractivity contribution in [3.05, 3.63) is 42.4 Å². The van der Waals surface area contributed by atoms with Gasteiger partial charge in [0.15, 0.2) is 5.78 Å². The van der Waals surface area contributed by atoms with Gasteiger partial charge in [-0.1, -0.05) is 32.9 Å². The molecule has 298 valence electrons. The van der Waals surface area contributed by atoms with Crippen molar-refractivity contribution < 1.29 is 46.2 Å². The first-order valence-corrected chi connectivity index (χ1v) is 21.2. The maximum Gasteiger partial charge on any atom is 0.306 e. The van der Waals surface area contributed by atoms with Crippen molar-refractivity contribution in [1.29, 1.82) is 0 Å². The number of nitrogens with zero attached hydrogens (tertiary/aromatic N) is 2. The monoisotopic (exact) mass is 781 g/mol. The van der Waals surface area contributed by atoms with Crippen LogP contribution in [-0.2, 0) is 33.9 Å². The summed E-state index contributed by atoms with van der Waals surface area (Å²) in [6, 6.07) is 3.19. The Morgan fingerprint density at radius 2 is 1.85 bits per heavy atom. The summed E-state index contributed by atoms with van der Waals surface area (Å²) in [5.41, 5.74) is -1.31. The highest BCUT2D eigenvalue weighted by atomic mass is 32.2. The van der Waals surface area contributed by atoms with Gasteiger partial charge in [-0.25, -0.2) is 17.8 Å². The maximum atomic E-state index is 14.8. The Morgan fingerprint density at radius 1 is 1.09 bits per heavy atom. The molecule has 2 amide bonds. The van der Waals surface area contributed by atoms with E-state index < -0.39 is 62.2 Å². The smallest absolute Gasteiger partial charge is 0.306 e. The Morgan fingerprint density at radius 3 is 2.56 bits per heavy atom. The number of halogens is 1. The molecule has 0 spiro atoms. The Hall–Kier alpha value is -4.07. The average Bonchev–Trinajstić information content (AvgIpc) is 4.08. The second-order valence-electron chi connectivity index (χ2n) is 17.2. The number of sulfonamides is 1. The van der Waals surface area contributed by atoms with E-state index in [9.17, 15) is 32.0 Å². The molecule has 7 rings (SSSR count). The van der Waals surface area contributed by atoms with E-state index in [1.807, 2.05) is 19.1 Å². The number of amides is 2. The van der Waals surface area contributed by atoms with Crippen molar-refractivity contribution in [1.82, 2.24) is 14.6 Å². The van der Waals surface area contributed by atoms with Crippen molar-refractivity contribution in [2.24, 2.45) is 34.5 Å². The molecule has 1 saturated heterocycles. The number of carbonyl (C=O) groups is 4. The van der Waals surface area contributed by atoms with Crippen LogP contribution in [-0.4, -0.2) is 79.5 Å². The minimum atomic E-state index is -3.87. The average molecular weight is 782 g/mol. The summed E-state index contributed by atoms with van der Waals surface area (Å²) in [7, 11) is -2.44. The van der Waals surface area contributed by atoms with Gasteiger partial charge in [0, 0.05) is 35.9 Å². The molecule has 3 heterocycles. The van der Waals surface area contributed by atoms with Crippen molar-refractivity contribution >= 4 is 44.4 Å². The van der Waals surface area contributed by atoms with E-state index in [-0.39, 0.29) is 67.4 Å². The van der Waals surface area contributed by atoms with Gasteiger partial charge in [0.1, 0.15) is 17.7 Å². The molecule has 4 fully saturated rings. The zero-order valence-electron chi connectivity index (χ0n) is 32.1. The van der Waals surface area contributed by atoms with Gasteiger partial charge < -0.3 is 19.1 Å². The Bertz CT molecular complexity index is 2000. The number of hydrogen-bond donors (Lipinski definition) is 1. The highest BCUT2D eigenvalue weighted by Gasteiger charge is 2.61. The largest absolute Gasteiger partial charge is 0.496 e. The number of pyridine rings is 1. The van der Waals surface area contributed by atoms with Crippen LogP contribution in [0.15, 0.2) is 36.5 Å². The number of ether oxygens (including phenoxy) is 3. The van der Waals surface area contributed by atoms with E-state index >= 15 is 0 Å². The fraction of sp³-hybridized carbons (Fsp3) is 0.634. The van der Waals surface area contributed by atoms with Crippen LogP contribution in [0.2, 0.25) is 0 Å². The van der Waals surface area contributed by atoms with Crippen molar-refractivity contribution in [2.75, 3.05) is 20.3 Å². The van der Waals surface area contributed by atoms with Gasteiger partial charge >= 0.3 is 5.97 Å². The van der Waals surface area contributed by atoms with Crippen molar-refractivity contribution in [3.63, 3.8) is 0 Å². The van der Waals surface area contributed by atoms with Gasteiger partial charge in [-0.15, -0.1) is 0 Å². The SMILES string of the molecule is COc1cc(F)cc2c(O[C@@H]3C[C@H]4C(=O)C[C@]5(C(=O)NS(=O)(=O)C6CC6)C[C@H]5/C=C\CC[C@H](C)C[C@@H](C)[C@H](CC(=O)OCC5(C)CC5)C(=O)N4C3)nccc12. The first kappa shape index (κ1) is 39.2. The standard InChI is InChI=1S/C41H52FN3O9S/c1-24-7-5-6-8-26-20-41(26,39(49)44-55(50,51)29-9-10-29)21-34(46)33-18-28(54-37-32-16-27(42)17-35(52-4)30(32)11-14-43-37)22-45(33)38(48)31(25(2)15-24)19-36(47)53-23-40(3)12-13-40/h6,8,11,14,16-17,24-26,28-29,31,33H,5,7,9-10,12-13,15,18-23H2,1-4H3,(H,44,49)/b8-6-/t24-,25+,26+,28+,31-,33-,41+/m0/s1. The predicted molar refractivity (Wildman–Crippen MR) is 201 cm³/mol. The minimum absolute atomic E-state index is 0.0236. The quantitative estimate of drug-likeness (QED) is 0.235. The van der Waals surface area contributed by atoms with Gasteiger partial charge in [-0.2, -0.15) is 0 Å². The summed E-state index contributed by atoms with van der Waals surface area (Å²) in [5, 5.41) is 0.307. The lowest BCUT2D eigenvalue weighted by atomic mass is 9.82. The number of methoxy groups -OCH3 is 1. The van der Waals surface area contributed by atoms with Crippen LogP contribution in [0.5, 0.6) is 11.6 Å². The highest BCUT2D eigenvalue weighted by molar-refractivity contribution is 7.90. The number of ketones is 1. The molecule has 1 aromatic heterocycles. The summed E-state index contributed by atoms with van der Waals surface area (Å²) >= 11 is 0. The Labute approximate surface area is 322 Å². The molecular weight excluding hydrogens is 730 g/mol. The molecule has 3 saturated carbocycles. The van der Waals surface area contributed by atoms with Crippen LogP contribution < -0.4 is 14.2 Å². The van der Waals surface area contributed by atoms with Crippen molar-refractivity contribution in [2.45, 2.75) is 109 Å². The first-order chi connectivity index (χ1) is 26.1. The molecule has 12 nitrogen and oxygen atoms in total. The van der Waals surface area contributed by atoms with E-state index in [0.29, 0.717) is 48.6 Å². The van der Waals surface area contributed by atoms with Crippen LogP contribution in [0.25, 0.3) is 10.8 Å². The molecule has 14 heteroatoms. The number of nitrogens with one attached hydrogen (secondary N) is 1. The summed E-state index contributed by atoms with van der Waals surface area (Å²) in [6.45, 7) is 6.39. The number of benzene rings is 1. The summed E-state index contributed by atoms with van der Waals surface area (Å²) < 4.78 is 60.3. The Kier molecular flexibility index (Phi) is 10.8. The number of fused-ring (bicyclic) bond motifs is 3. The molecule has 0 bridgehead atoms. The lowest BCUT2D eigenvalue weighted by Gasteiger charge is -2.32. The van der Waals surface area contributed by atoms with Crippen LogP contribution in [0.4, 0.5) is 4.39 Å². The lowest BCUT2D eigenvalue weighted by Crippen LogP contribution is -2.47. The molecule has 2 aliphatic heterocycles. The van der Waals surface area contributed by atoms with Crippen LogP contribution in [0.1, 0.15) is 91.4 Å². The number of hydrogen-bond acceptors (Lipinski definition) is 10. The van der Waals surface area contributed by atoms with Crippen LogP contribution in [0, 0.1) is 40.3 Å². The summed E-state index contributed by atoms with van der Waals surface area (Å²) in [6.07, 6.45) is 9.68. The number of Topliss-reactive ketones (excluding diaryl/α,β-unsaturated/α-hetero) is 1. The number of aromatic nitrogens is 1. The number of rotatable bonds is 10. The van der Waals surface area contributed by atoms with E-state index in [1.165, 1.54) is 30.3 Å². The second-order valence-corrected chi connectivity index (χ2v) is 19.2. The molecule has 0 radical (unpaired) electrons. The van der Waals surface area contributed by atoms with Crippen LogP contribution >= 0.6 is 0 Å². The second kappa shape index (κ2) is 15.1. The zero-order valence-corrected chi connectivity index (χ0v) is 32.9. The van der Waals surface area contributed by atoms with E-state index in [1.54, 1.807) is 6.07 Å². The first-order valence-electron chi connectivity index (χ1n) is 19.6. The normalized spacial score (nSPS) is 31.3. The number of allylic oxidation sites excluding steroid dienone is 2. The lowest BCUT2D eigenvalue weighted by molar-refractivity contribution is -0.152. The van der Waals surface area contributed by atoms with Gasteiger partial charge in [0.2, 0.25) is 27.7 Å². The molecule has 3 aliphatic carbocycles. The molecule has 0 unspecified atom stereocenters. The molecular formula is C41H52FN3O9S. The molecule has 5 aliphatic rings. The Balaban J connectivity index is 1.21. The summed E-state index contributed by atoms with van der Waals surface area (Å²) in [4.78, 5) is 62.5. The van der Waals surface area contributed by atoms with E-state index in [4.69, 9.17) is 14.2 Å². The number of esters is 1. The fourth-order valence-electron chi connectivity index (χ4n) is 8.45. The zero-order chi connectivity index (χ0) is 39.3. The third-order valence-corrected chi connectivity index (χ3v) is 14.3. The van der Waals surface area contributed by atoms with Gasteiger partial charge in [-0.05, 0) is 81.3 Å². The predicted octanol–water partition coefficient (Wildman–Crippen LogP) is 5.67. The molecule has 55 heavy (non-hydrogen) atoms. The van der Waals surface area contributed by atoms with Gasteiger partial charge in [0.05, 0.1) is 54.7 Å². The topological polar surface area (TPSA) is 158 Å². The van der Waals surface area contributed by atoms with Gasteiger partial charge in [-0.3, -0.25) is 23.9 Å². The van der Waals surface area contributed by atoms with E-state index in [0.717, 1.165) is 19.3 Å². The molecule has 2 aromatic rings. The molecule has 1 aromatic carbocycles. The van der Waals surface area contributed by atoms with Gasteiger partial charge in [0.25, 0.3) is 0 Å². The molecule has 7 atom stereocenters. The molecule has 1 N–H and O–H groups in total. The third-order valence-electron chi connectivity index (χ3n) is 12.5. The highest BCUT2D eigenvalue weighted by Crippen LogP contribution is 2.57. The summed E-state index contributed by atoms with van der Waals surface area (Å²) in [5.74, 6) is -3.27. The maximum absolute atomic E-state index is 14.8. The number of carbonyl (C=O) groups excluding carboxylic acids is 4. The third kappa shape index (κ3) is 8.53. The van der Waals surface area contributed by atoms with Crippen LogP contribution in [0.3, 0.4) is 0 Å². The fourth-order valence-corrected chi connectivity index (χ4v) is 9.83. The van der Waals surface area contributed by atoms with Crippen molar-refractivity contribution in [3.8, 4) is 11.6 Å².